The SMILES string of the molecule is COc1cc(C)c(NCC(C)(C)C#N)cc1Cl. The minimum absolute atomic E-state index is 0.404. The Morgan fingerprint density at radius 2 is 2.12 bits per heavy atom. The molecule has 3 nitrogen and oxygen atoms in total. The summed E-state index contributed by atoms with van der Waals surface area (Å²) < 4.78 is 5.14. The van der Waals surface area contributed by atoms with Crippen molar-refractivity contribution in [1.29, 1.82) is 5.26 Å². The number of nitriles is 1. The molecule has 0 aliphatic carbocycles. The molecule has 0 heterocycles. The fourth-order valence-corrected chi connectivity index (χ4v) is 1.60. The lowest BCUT2D eigenvalue weighted by Crippen LogP contribution is -2.21. The van der Waals surface area contributed by atoms with E-state index in [0.717, 1.165) is 11.3 Å². The van der Waals surface area contributed by atoms with Gasteiger partial charge in [-0.15, -0.1) is 0 Å². The molecule has 17 heavy (non-hydrogen) atoms. The van der Waals surface area contributed by atoms with Crippen molar-refractivity contribution in [1.82, 2.24) is 0 Å². The van der Waals surface area contributed by atoms with E-state index in [1.807, 2.05) is 32.9 Å². The first-order valence-electron chi connectivity index (χ1n) is 5.39. The molecule has 92 valence electrons. The van der Waals surface area contributed by atoms with Gasteiger partial charge in [0.05, 0.1) is 23.6 Å². The highest BCUT2D eigenvalue weighted by Crippen LogP contribution is 2.31. The zero-order valence-electron chi connectivity index (χ0n) is 10.6. The Bertz CT molecular complexity index is 449. The summed E-state index contributed by atoms with van der Waals surface area (Å²) in [6.45, 7) is 6.33. The molecule has 0 aliphatic heterocycles. The smallest absolute Gasteiger partial charge is 0.137 e. The second-order valence-corrected chi connectivity index (χ2v) is 5.06. The van der Waals surface area contributed by atoms with Crippen molar-refractivity contribution in [2.24, 2.45) is 5.41 Å². The van der Waals surface area contributed by atoms with Gasteiger partial charge < -0.3 is 10.1 Å². The van der Waals surface area contributed by atoms with Crippen LogP contribution >= 0.6 is 11.6 Å². The van der Waals surface area contributed by atoms with E-state index in [1.165, 1.54) is 0 Å². The first-order chi connectivity index (χ1) is 7.89. The van der Waals surface area contributed by atoms with Crippen molar-refractivity contribution in [2.45, 2.75) is 20.8 Å². The second kappa shape index (κ2) is 5.29. The number of hydrogen-bond donors (Lipinski definition) is 1. The van der Waals surface area contributed by atoms with Gasteiger partial charge in [-0.2, -0.15) is 5.26 Å². The van der Waals surface area contributed by atoms with Crippen LogP contribution in [0.15, 0.2) is 12.1 Å². The van der Waals surface area contributed by atoms with Gasteiger partial charge in [0.15, 0.2) is 0 Å². The van der Waals surface area contributed by atoms with Crippen LogP contribution in [0.1, 0.15) is 19.4 Å². The first kappa shape index (κ1) is 13.7. The van der Waals surface area contributed by atoms with Crippen molar-refractivity contribution in [2.75, 3.05) is 19.0 Å². The number of anilines is 1. The van der Waals surface area contributed by atoms with Gasteiger partial charge in [-0.05, 0) is 38.5 Å². The van der Waals surface area contributed by atoms with Crippen molar-refractivity contribution < 1.29 is 4.74 Å². The first-order valence-corrected chi connectivity index (χ1v) is 5.76. The molecule has 1 N–H and O–H groups in total. The molecule has 0 amide bonds. The molecule has 0 saturated carbocycles. The summed E-state index contributed by atoms with van der Waals surface area (Å²) in [4.78, 5) is 0. The van der Waals surface area contributed by atoms with Crippen molar-refractivity contribution >= 4 is 17.3 Å². The maximum Gasteiger partial charge on any atom is 0.137 e. The number of ether oxygens (including phenoxy) is 1. The molecule has 1 aromatic rings. The summed E-state index contributed by atoms with van der Waals surface area (Å²) in [6.07, 6.45) is 0. The predicted molar refractivity (Wildman–Crippen MR) is 70.6 cm³/mol. The normalized spacial score (nSPS) is 10.8. The number of benzene rings is 1. The highest BCUT2D eigenvalue weighted by Gasteiger charge is 2.16. The van der Waals surface area contributed by atoms with Crippen molar-refractivity contribution in [3.63, 3.8) is 0 Å². The number of halogens is 1. The Kier molecular flexibility index (Phi) is 4.25. The van der Waals surface area contributed by atoms with Gasteiger partial charge in [-0.25, -0.2) is 0 Å². The van der Waals surface area contributed by atoms with Crippen LogP contribution in [-0.2, 0) is 0 Å². The third-order valence-corrected chi connectivity index (χ3v) is 2.82. The van der Waals surface area contributed by atoms with Crippen LogP contribution < -0.4 is 10.1 Å². The van der Waals surface area contributed by atoms with Gasteiger partial charge in [0.1, 0.15) is 5.75 Å². The minimum Gasteiger partial charge on any atom is -0.495 e. The largest absolute Gasteiger partial charge is 0.495 e. The highest BCUT2D eigenvalue weighted by molar-refractivity contribution is 6.32. The summed E-state index contributed by atoms with van der Waals surface area (Å²) >= 11 is 6.06. The molecule has 0 bridgehead atoms. The lowest BCUT2D eigenvalue weighted by atomic mass is 9.96. The molecule has 0 radical (unpaired) electrons. The van der Waals surface area contributed by atoms with Gasteiger partial charge in [0, 0.05) is 12.2 Å². The molecule has 0 aromatic heterocycles. The van der Waals surface area contributed by atoms with Crippen molar-refractivity contribution in [3.05, 3.63) is 22.7 Å². The number of aryl methyl sites for hydroxylation is 1. The fourth-order valence-electron chi connectivity index (χ4n) is 1.36. The maximum atomic E-state index is 8.94. The Hall–Kier alpha value is -1.40. The molecular weight excluding hydrogens is 236 g/mol. The van der Waals surface area contributed by atoms with Gasteiger partial charge in [0.2, 0.25) is 0 Å². The van der Waals surface area contributed by atoms with E-state index >= 15 is 0 Å². The highest BCUT2D eigenvalue weighted by atomic mass is 35.5. The van der Waals surface area contributed by atoms with Crippen molar-refractivity contribution in [3.8, 4) is 11.8 Å². The Balaban J connectivity index is 2.87. The number of rotatable bonds is 4. The zero-order valence-corrected chi connectivity index (χ0v) is 11.4. The van der Waals surface area contributed by atoms with E-state index in [2.05, 4.69) is 11.4 Å². The molecule has 1 aromatic carbocycles. The predicted octanol–water partition coefficient (Wildman–Crippen LogP) is 3.62. The monoisotopic (exact) mass is 252 g/mol. The quantitative estimate of drug-likeness (QED) is 0.890. The van der Waals surface area contributed by atoms with E-state index in [-0.39, 0.29) is 0 Å². The third-order valence-electron chi connectivity index (χ3n) is 2.52. The number of methoxy groups -OCH3 is 1. The molecule has 0 atom stereocenters. The summed E-state index contributed by atoms with van der Waals surface area (Å²) in [5, 5.41) is 12.7. The average Bonchev–Trinajstić information content (AvgIpc) is 2.29. The van der Waals surface area contributed by atoms with Crippen LogP contribution in [-0.4, -0.2) is 13.7 Å². The molecule has 4 heteroatoms. The molecule has 0 aliphatic rings. The Labute approximate surface area is 107 Å². The summed E-state index contributed by atoms with van der Waals surface area (Å²) in [7, 11) is 1.59. The molecule has 0 fully saturated rings. The summed E-state index contributed by atoms with van der Waals surface area (Å²) in [5.41, 5.74) is 1.57. The second-order valence-electron chi connectivity index (χ2n) is 4.65. The van der Waals surface area contributed by atoms with Crippen LogP contribution in [0.25, 0.3) is 0 Å². The van der Waals surface area contributed by atoms with E-state index in [1.54, 1.807) is 7.11 Å². The van der Waals surface area contributed by atoms with E-state index in [4.69, 9.17) is 21.6 Å². The van der Waals surface area contributed by atoms with Crippen LogP contribution in [0.2, 0.25) is 5.02 Å². The zero-order chi connectivity index (χ0) is 13.1. The van der Waals surface area contributed by atoms with Crippen LogP contribution in [0.3, 0.4) is 0 Å². The minimum atomic E-state index is -0.404. The molecular formula is C13H17ClN2O. The molecule has 0 unspecified atom stereocenters. The fraction of sp³-hybridized carbons (Fsp3) is 0.462. The van der Waals surface area contributed by atoms with Gasteiger partial charge in [0.25, 0.3) is 0 Å². The number of nitrogens with zero attached hydrogens (tertiary/aromatic N) is 1. The number of hydrogen-bond acceptors (Lipinski definition) is 3. The summed E-state index contributed by atoms with van der Waals surface area (Å²) in [5.74, 6) is 0.661. The average molecular weight is 253 g/mol. The standard InChI is InChI=1S/C13H17ClN2O/c1-9-5-12(17-4)10(14)6-11(9)16-8-13(2,3)7-15/h5-6,16H,8H2,1-4H3. The summed E-state index contributed by atoms with van der Waals surface area (Å²) in [6, 6.07) is 5.95. The lowest BCUT2D eigenvalue weighted by molar-refractivity contribution is 0.415. The Morgan fingerprint density at radius 1 is 1.47 bits per heavy atom. The maximum absolute atomic E-state index is 8.94. The van der Waals surface area contributed by atoms with Crippen LogP contribution in [0.5, 0.6) is 5.75 Å². The van der Waals surface area contributed by atoms with E-state index < -0.39 is 5.41 Å². The Morgan fingerprint density at radius 3 is 2.65 bits per heavy atom. The lowest BCUT2D eigenvalue weighted by Gasteiger charge is -2.18. The van der Waals surface area contributed by atoms with E-state index in [9.17, 15) is 0 Å². The van der Waals surface area contributed by atoms with Gasteiger partial charge in [-0.3, -0.25) is 0 Å². The molecule has 1 rings (SSSR count). The van der Waals surface area contributed by atoms with Crippen LogP contribution in [0, 0.1) is 23.7 Å². The van der Waals surface area contributed by atoms with Gasteiger partial charge >= 0.3 is 0 Å². The topological polar surface area (TPSA) is 45.0 Å². The van der Waals surface area contributed by atoms with E-state index in [0.29, 0.717) is 17.3 Å². The molecule has 0 spiro atoms. The third kappa shape index (κ3) is 3.54. The molecule has 0 saturated heterocycles. The number of nitrogens with one attached hydrogen (secondary N) is 1. The van der Waals surface area contributed by atoms with Gasteiger partial charge in [-0.1, -0.05) is 11.6 Å². The van der Waals surface area contributed by atoms with Crippen LogP contribution in [0.4, 0.5) is 5.69 Å².